The number of halogens is 2. The summed E-state index contributed by atoms with van der Waals surface area (Å²) in [6.45, 7) is 1.76. The Bertz CT molecular complexity index is 590. The van der Waals surface area contributed by atoms with E-state index in [4.69, 9.17) is 4.74 Å². The molecule has 1 aromatic carbocycles. The molecule has 0 saturated carbocycles. The first-order valence-corrected chi connectivity index (χ1v) is 6.11. The molecule has 0 fully saturated rings. The Labute approximate surface area is 115 Å². The molecule has 4 nitrogen and oxygen atoms in total. The third-order valence-electron chi connectivity index (χ3n) is 2.91. The van der Waals surface area contributed by atoms with E-state index >= 15 is 0 Å². The number of hydrogen-bond acceptors (Lipinski definition) is 4. The number of aromatic nitrogens is 2. The first kappa shape index (κ1) is 14.2. The van der Waals surface area contributed by atoms with Crippen molar-refractivity contribution in [1.29, 1.82) is 0 Å². The highest BCUT2D eigenvalue weighted by Crippen LogP contribution is 2.29. The zero-order valence-corrected chi connectivity index (χ0v) is 11.2. The van der Waals surface area contributed by atoms with Crippen LogP contribution < -0.4 is 10.1 Å². The molecule has 0 aliphatic carbocycles. The third-order valence-corrected chi connectivity index (χ3v) is 2.91. The van der Waals surface area contributed by atoms with Crippen LogP contribution in [-0.2, 0) is 6.61 Å². The van der Waals surface area contributed by atoms with Crippen LogP contribution in [0.15, 0.2) is 30.6 Å². The molecule has 106 valence electrons. The molecule has 2 aromatic rings. The van der Waals surface area contributed by atoms with Crippen molar-refractivity contribution >= 4 is 5.69 Å². The van der Waals surface area contributed by atoms with Gasteiger partial charge in [0.25, 0.3) is 6.43 Å². The summed E-state index contributed by atoms with van der Waals surface area (Å²) in [7, 11) is 1.68. The van der Waals surface area contributed by atoms with E-state index in [2.05, 4.69) is 15.3 Å². The smallest absolute Gasteiger partial charge is 0.264 e. The minimum atomic E-state index is -2.55. The maximum Gasteiger partial charge on any atom is 0.264 e. The minimum absolute atomic E-state index is 0.0101. The summed E-state index contributed by atoms with van der Waals surface area (Å²) in [6.07, 6.45) is 0.499. The van der Waals surface area contributed by atoms with Crippen LogP contribution in [-0.4, -0.2) is 17.0 Å². The van der Waals surface area contributed by atoms with Crippen LogP contribution in [0.5, 0.6) is 5.88 Å². The summed E-state index contributed by atoms with van der Waals surface area (Å²) in [4.78, 5) is 8.07. The number of alkyl halides is 2. The molecule has 20 heavy (non-hydrogen) atoms. The molecule has 1 heterocycles. The molecule has 0 unspecified atom stereocenters. The molecule has 0 amide bonds. The lowest BCUT2D eigenvalue weighted by atomic mass is 10.1. The normalized spacial score (nSPS) is 10.7. The summed E-state index contributed by atoms with van der Waals surface area (Å²) in [6, 6.07) is 4.71. The van der Waals surface area contributed by atoms with E-state index in [1.165, 1.54) is 12.3 Å². The summed E-state index contributed by atoms with van der Waals surface area (Å²) < 4.78 is 31.6. The number of ether oxygens (including phenoxy) is 1. The number of anilines is 1. The van der Waals surface area contributed by atoms with Gasteiger partial charge in [0.1, 0.15) is 6.61 Å². The SMILES string of the molecule is CNc1cccc(C(F)F)c1COc1nccnc1C. The largest absolute Gasteiger partial charge is 0.471 e. The lowest BCUT2D eigenvalue weighted by molar-refractivity contribution is 0.148. The van der Waals surface area contributed by atoms with Gasteiger partial charge in [0.05, 0.1) is 5.69 Å². The van der Waals surface area contributed by atoms with Crippen LogP contribution in [0, 0.1) is 6.92 Å². The van der Waals surface area contributed by atoms with E-state index in [0.717, 1.165) is 0 Å². The van der Waals surface area contributed by atoms with Gasteiger partial charge in [-0.2, -0.15) is 0 Å². The van der Waals surface area contributed by atoms with Crippen LogP contribution in [0.2, 0.25) is 0 Å². The second-order valence-corrected chi connectivity index (χ2v) is 4.16. The molecular formula is C14H15F2N3O. The summed E-state index contributed by atoms with van der Waals surface area (Å²) in [5.41, 5.74) is 1.62. The van der Waals surface area contributed by atoms with Crippen molar-refractivity contribution in [1.82, 2.24) is 9.97 Å². The van der Waals surface area contributed by atoms with Crippen molar-refractivity contribution in [3.63, 3.8) is 0 Å². The van der Waals surface area contributed by atoms with Gasteiger partial charge in [-0.05, 0) is 13.0 Å². The Morgan fingerprint density at radius 3 is 2.65 bits per heavy atom. The quantitative estimate of drug-likeness (QED) is 0.911. The summed E-state index contributed by atoms with van der Waals surface area (Å²) in [5, 5.41) is 2.89. The molecule has 0 aliphatic heterocycles. The van der Waals surface area contributed by atoms with E-state index < -0.39 is 6.43 Å². The highest BCUT2D eigenvalue weighted by molar-refractivity contribution is 5.54. The third kappa shape index (κ3) is 3.01. The summed E-state index contributed by atoms with van der Waals surface area (Å²) >= 11 is 0. The van der Waals surface area contributed by atoms with Gasteiger partial charge in [-0.15, -0.1) is 0 Å². The molecule has 0 radical (unpaired) electrons. The van der Waals surface area contributed by atoms with Gasteiger partial charge in [0.15, 0.2) is 0 Å². The average molecular weight is 279 g/mol. The predicted octanol–water partition coefficient (Wildman–Crippen LogP) is 3.34. The molecule has 6 heteroatoms. The van der Waals surface area contributed by atoms with Gasteiger partial charge in [-0.3, -0.25) is 4.98 Å². The standard InChI is InChI=1S/C14H15F2N3O/c1-9-14(19-7-6-18-9)20-8-11-10(13(15)16)4-3-5-12(11)17-2/h3-7,13,17H,8H2,1-2H3. The fraction of sp³-hybridized carbons (Fsp3) is 0.286. The number of hydrogen-bond donors (Lipinski definition) is 1. The maximum atomic E-state index is 13.0. The molecule has 0 aliphatic rings. The first-order valence-electron chi connectivity index (χ1n) is 6.11. The van der Waals surface area contributed by atoms with Crippen molar-refractivity contribution in [2.75, 3.05) is 12.4 Å². The fourth-order valence-electron chi connectivity index (χ4n) is 1.88. The van der Waals surface area contributed by atoms with Gasteiger partial charge in [0, 0.05) is 36.3 Å². The highest BCUT2D eigenvalue weighted by atomic mass is 19.3. The van der Waals surface area contributed by atoms with Crippen molar-refractivity contribution in [2.24, 2.45) is 0 Å². The molecule has 1 aromatic heterocycles. The zero-order chi connectivity index (χ0) is 14.5. The topological polar surface area (TPSA) is 47.0 Å². The number of nitrogens with one attached hydrogen (secondary N) is 1. The van der Waals surface area contributed by atoms with E-state index in [0.29, 0.717) is 22.8 Å². The lowest BCUT2D eigenvalue weighted by Gasteiger charge is -2.15. The lowest BCUT2D eigenvalue weighted by Crippen LogP contribution is -2.07. The predicted molar refractivity (Wildman–Crippen MR) is 72.0 cm³/mol. The van der Waals surface area contributed by atoms with E-state index in [1.54, 1.807) is 32.3 Å². The molecular weight excluding hydrogens is 264 g/mol. The molecule has 1 N–H and O–H groups in total. The van der Waals surface area contributed by atoms with E-state index in [1.807, 2.05) is 0 Å². The number of rotatable bonds is 5. The monoisotopic (exact) mass is 279 g/mol. The first-order chi connectivity index (χ1) is 9.63. The van der Waals surface area contributed by atoms with Gasteiger partial charge in [-0.25, -0.2) is 13.8 Å². The van der Waals surface area contributed by atoms with Crippen LogP contribution in [0.4, 0.5) is 14.5 Å². The zero-order valence-electron chi connectivity index (χ0n) is 11.2. The van der Waals surface area contributed by atoms with Gasteiger partial charge in [-0.1, -0.05) is 12.1 Å². The van der Waals surface area contributed by atoms with Crippen molar-refractivity contribution in [3.8, 4) is 5.88 Å². The average Bonchev–Trinajstić information content (AvgIpc) is 2.46. The highest BCUT2D eigenvalue weighted by Gasteiger charge is 2.16. The second-order valence-electron chi connectivity index (χ2n) is 4.16. The van der Waals surface area contributed by atoms with E-state index in [9.17, 15) is 8.78 Å². The Kier molecular flexibility index (Phi) is 4.45. The van der Waals surface area contributed by atoms with Gasteiger partial charge < -0.3 is 10.1 Å². The van der Waals surface area contributed by atoms with Crippen molar-refractivity contribution < 1.29 is 13.5 Å². The fourth-order valence-corrected chi connectivity index (χ4v) is 1.88. The summed E-state index contributed by atoms with van der Waals surface area (Å²) in [5.74, 6) is 0.346. The van der Waals surface area contributed by atoms with Crippen molar-refractivity contribution in [2.45, 2.75) is 20.0 Å². The van der Waals surface area contributed by atoms with E-state index in [-0.39, 0.29) is 12.2 Å². The Morgan fingerprint density at radius 1 is 1.25 bits per heavy atom. The molecule has 0 bridgehead atoms. The van der Waals surface area contributed by atoms with Crippen LogP contribution in [0.25, 0.3) is 0 Å². The minimum Gasteiger partial charge on any atom is -0.471 e. The molecule has 0 spiro atoms. The molecule has 0 saturated heterocycles. The maximum absolute atomic E-state index is 13.0. The van der Waals surface area contributed by atoms with Crippen LogP contribution >= 0.6 is 0 Å². The van der Waals surface area contributed by atoms with Crippen LogP contribution in [0.1, 0.15) is 23.2 Å². The number of aryl methyl sites for hydroxylation is 1. The van der Waals surface area contributed by atoms with Gasteiger partial charge >= 0.3 is 0 Å². The molecule has 2 rings (SSSR count). The molecule has 0 atom stereocenters. The second kappa shape index (κ2) is 6.27. The van der Waals surface area contributed by atoms with Gasteiger partial charge in [0.2, 0.25) is 5.88 Å². The Balaban J connectivity index is 2.26. The van der Waals surface area contributed by atoms with Crippen molar-refractivity contribution in [3.05, 3.63) is 47.4 Å². The Hall–Kier alpha value is -2.24. The number of benzene rings is 1. The van der Waals surface area contributed by atoms with Crippen LogP contribution in [0.3, 0.4) is 0 Å². The number of nitrogens with zero attached hydrogens (tertiary/aromatic N) is 2. The Morgan fingerprint density at radius 2 is 2.00 bits per heavy atom.